The Morgan fingerprint density at radius 3 is 2.62 bits per heavy atom. The Balaban J connectivity index is 1.91. The Morgan fingerprint density at radius 1 is 1.12 bits per heavy atom. The number of benzene rings is 2. The third-order valence-corrected chi connectivity index (χ3v) is 4.01. The maximum atomic E-state index is 12.1. The minimum Gasteiger partial charge on any atom is -0.484 e. The van der Waals surface area contributed by atoms with Crippen LogP contribution in [0.15, 0.2) is 42.5 Å². The maximum Gasteiger partial charge on any atom is 0.255 e. The summed E-state index contributed by atoms with van der Waals surface area (Å²) in [5, 5.41) is 3.70. The van der Waals surface area contributed by atoms with Gasteiger partial charge in [-0.2, -0.15) is 0 Å². The van der Waals surface area contributed by atoms with Gasteiger partial charge in [0.25, 0.3) is 5.91 Å². The van der Waals surface area contributed by atoms with Crippen LogP contribution >= 0.6 is 23.2 Å². The van der Waals surface area contributed by atoms with Gasteiger partial charge in [-0.25, -0.2) is 0 Å². The van der Waals surface area contributed by atoms with Gasteiger partial charge in [-0.15, -0.1) is 0 Å². The molecule has 2 aromatic rings. The zero-order valence-electron chi connectivity index (χ0n) is 12.7. The molecule has 126 valence electrons. The second kappa shape index (κ2) is 8.57. The molecule has 0 aromatic heterocycles. The van der Waals surface area contributed by atoms with E-state index >= 15 is 0 Å². The molecule has 7 heteroatoms. The number of hydrogen-bond acceptors (Lipinski definition) is 3. The minimum atomic E-state index is -0.567. The molecule has 0 aliphatic carbocycles. The number of anilines is 1. The van der Waals surface area contributed by atoms with Crippen LogP contribution in [0.4, 0.5) is 5.69 Å². The van der Waals surface area contributed by atoms with Crippen LogP contribution in [0.5, 0.6) is 5.75 Å². The lowest BCUT2D eigenvalue weighted by molar-refractivity contribution is -0.120. The van der Waals surface area contributed by atoms with Crippen LogP contribution in [0.1, 0.15) is 12.0 Å². The quantitative estimate of drug-likeness (QED) is 0.787. The van der Waals surface area contributed by atoms with Crippen molar-refractivity contribution in [1.82, 2.24) is 0 Å². The van der Waals surface area contributed by atoms with Gasteiger partial charge in [-0.05, 0) is 30.2 Å². The highest BCUT2D eigenvalue weighted by atomic mass is 35.5. The number of carbonyl (C=O) groups is 2. The van der Waals surface area contributed by atoms with Gasteiger partial charge in [0, 0.05) is 18.2 Å². The third-order valence-electron chi connectivity index (χ3n) is 3.15. The van der Waals surface area contributed by atoms with Gasteiger partial charge in [0.05, 0.1) is 10.0 Å². The summed E-state index contributed by atoms with van der Waals surface area (Å²) in [4.78, 5) is 22.8. The first-order valence-corrected chi connectivity index (χ1v) is 7.95. The molecule has 2 rings (SSSR count). The van der Waals surface area contributed by atoms with E-state index in [0.717, 1.165) is 5.56 Å². The average Bonchev–Trinajstić information content (AvgIpc) is 2.55. The van der Waals surface area contributed by atoms with Crippen LogP contribution in [0.3, 0.4) is 0 Å². The second-order valence-corrected chi connectivity index (χ2v) is 5.83. The molecule has 0 bridgehead atoms. The van der Waals surface area contributed by atoms with Crippen molar-refractivity contribution in [2.45, 2.75) is 12.8 Å². The van der Waals surface area contributed by atoms with Crippen LogP contribution < -0.4 is 15.8 Å². The van der Waals surface area contributed by atoms with Crippen molar-refractivity contribution in [2.24, 2.45) is 5.73 Å². The number of hydrogen-bond donors (Lipinski definition) is 2. The number of primary amides is 1. The predicted octanol–water partition coefficient (Wildman–Crippen LogP) is 3.43. The third kappa shape index (κ3) is 5.44. The summed E-state index contributed by atoms with van der Waals surface area (Å²) < 4.78 is 5.19. The molecule has 0 unspecified atom stereocenters. The Labute approximate surface area is 149 Å². The fourth-order valence-electron chi connectivity index (χ4n) is 2.03. The van der Waals surface area contributed by atoms with Gasteiger partial charge in [0.1, 0.15) is 5.75 Å². The molecule has 0 saturated carbocycles. The monoisotopic (exact) mass is 366 g/mol. The zero-order chi connectivity index (χ0) is 17.5. The van der Waals surface area contributed by atoms with E-state index in [1.54, 1.807) is 36.4 Å². The first-order chi connectivity index (χ1) is 11.5. The summed E-state index contributed by atoms with van der Waals surface area (Å²) in [5.74, 6) is -0.287. The standard InChI is InChI=1S/C17H16Cl2N2O3/c18-14-6-1-3-11(17(14)19)7-8-16(23)21-12-4-2-5-13(9-12)24-10-15(20)22/h1-6,9H,7-8,10H2,(H2,20,22)(H,21,23). The van der Waals surface area contributed by atoms with Gasteiger partial charge in [-0.3, -0.25) is 9.59 Å². The number of ether oxygens (including phenoxy) is 1. The van der Waals surface area contributed by atoms with Crippen molar-refractivity contribution in [3.8, 4) is 5.75 Å². The van der Waals surface area contributed by atoms with E-state index in [0.29, 0.717) is 27.9 Å². The van der Waals surface area contributed by atoms with E-state index in [4.69, 9.17) is 33.7 Å². The van der Waals surface area contributed by atoms with Crippen molar-refractivity contribution in [1.29, 1.82) is 0 Å². The van der Waals surface area contributed by atoms with Crippen LogP contribution in [-0.2, 0) is 16.0 Å². The number of halogens is 2. The molecule has 2 aromatic carbocycles. The highest BCUT2D eigenvalue weighted by Gasteiger charge is 2.08. The smallest absolute Gasteiger partial charge is 0.255 e. The number of amides is 2. The van der Waals surface area contributed by atoms with Crippen LogP contribution in [0.25, 0.3) is 0 Å². The lowest BCUT2D eigenvalue weighted by atomic mass is 10.1. The van der Waals surface area contributed by atoms with Crippen LogP contribution in [0.2, 0.25) is 10.0 Å². The fourth-order valence-corrected chi connectivity index (χ4v) is 2.45. The van der Waals surface area contributed by atoms with Gasteiger partial charge < -0.3 is 15.8 Å². The number of aryl methyl sites for hydroxylation is 1. The lowest BCUT2D eigenvalue weighted by Crippen LogP contribution is -2.20. The van der Waals surface area contributed by atoms with Crippen LogP contribution in [-0.4, -0.2) is 18.4 Å². The topological polar surface area (TPSA) is 81.4 Å². The molecule has 0 saturated heterocycles. The van der Waals surface area contributed by atoms with E-state index in [1.807, 2.05) is 6.07 Å². The van der Waals surface area contributed by atoms with E-state index in [1.165, 1.54) is 0 Å². The molecule has 3 N–H and O–H groups in total. The SMILES string of the molecule is NC(=O)COc1cccc(NC(=O)CCc2cccc(Cl)c2Cl)c1. The minimum absolute atomic E-state index is 0.168. The van der Waals surface area contributed by atoms with Gasteiger partial charge in [0.15, 0.2) is 6.61 Å². The first-order valence-electron chi connectivity index (χ1n) is 7.19. The maximum absolute atomic E-state index is 12.1. The molecule has 0 heterocycles. The summed E-state index contributed by atoms with van der Waals surface area (Å²) in [6, 6.07) is 12.0. The first kappa shape index (κ1) is 18.1. The number of carbonyl (C=O) groups excluding carboxylic acids is 2. The molecule has 0 fully saturated rings. The molecule has 5 nitrogen and oxygen atoms in total. The molecule has 2 amide bonds. The molecule has 24 heavy (non-hydrogen) atoms. The summed E-state index contributed by atoms with van der Waals surface area (Å²) in [5.41, 5.74) is 6.41. The Kier molecular flexibility index (Phi) is 6.46. The largest absolute Gasteiger partial charge is 0.484 e. The number of nitrogens with one attached hydrogen (secondary N) is 1. The number of nitrogens with two attached hydrogens (primary N) is 1. The van der Waals surface area contributed by atoms with E-state index in [2.05, 4.69) is 5.32 Å². The number of rotatable bonds is 7. The second-order valence-electron chi connectivity index (χ2n) is 5.04. The van der Waals surface area contributed by atoms with Crippen LogP contribution in [0, 0.1) is 0 Å². The molecule has 0 radical (unpaired) electrons. The van der Waals surface area contributed by atoms with E-state index in [9.17, 15) is 9.59 Å². The van der Waals surface area contributed by atoms with Crippen molar-refractivity contribution < 1.29 is 14.3 Å². The molecule has 0 atom stereocenters. The Morgan fingerprint density at radius 2 is 1.88 bits per heavy atom. The summed E-state index contributed by atoms with van der Waals surface area (Å²) in [7, 11) is 0. The van der Waals surface area contributed by atoms with Gasteiger partial charge in [0.2, 0.25) is 5.91 Å². The molecule has 0 aliphatic rings. The summed E-state index contributed by atoms with van der Waals surface area (Å²) in [6.07, 6.45) is 0.732. The van der Waals surface area contributed by atoms with E-state index in [-0.39, 0.29) is 18.9 Å². The molecular weight excluding hydrogens is 351 g/mol. The lowest BCUT2D eigenvalue weighted by Gasteiger charge is -2.09. The van der Waals surface area contributed by atoms with Crippen molar-refractivity contribution in [3.63, 3.8) is 0 Å². The van der Waals surface area contributed by atoms with Crippen molar-refractivity contribution >= 4 is 40.7 Å². The molecular formula is C17H16Cl2N2O3. The highest BCUT2D eigenvalue weighted by Crippen LogP contribution is 2.26. The van der Waals surface area contributed by atoms with Crippen molar-refractivity contribution in [3.05, 3.63) is 58.1 Å². The zero-order valence-corrected chi connectivity index (χ0v) is 14.2. The highest BCUT2D eigenvalue weighted by molar-refractivity contribution is 6.42. The summed E-state index contributed by atoms with van der Waals surface area (Å²) in [6.45, 7) is -0.218. The summed E-state index contributed by atoms with van der Waals surface area (Å²) >= 11 is 12.0. The Bertz CT molecular complexity index is 750. The van der Waals surface area contributed by atoms with Gasteiger partial charge >= 0.3 is 0 Å². The Hall–Kier alpha value is -2.24. The molecule has 0 aliphatic heterocycles. The fraction of sp³-hybridized carbons (Fsp3) is 0.176. The van der Waals surface area contributed by atoms with E-state index < -0.39 is 5.91 Å². The molecule has 0 spiro atoms. The average molecular weight is 367 g/mol. The van der Waals surface area contributed by atoms with Crippen molar-refractivity contribution in [2.75, 3.05) is 11.9 Å². The van der Waals surface area contributed by atoms with Gasteiger partial charge in [-0.1, -0.05) is 41.4 Å². The predicted molar refractivity (Wildman–Crippen MR) is 94.5 cm³/mol. The normalized spacial score (nSPS) is 10.2.